The van der Waals surface area contributed by atoms with Gasteiger partial charge in [0.15, 0.2) is 0 Å². The van der Waals surface area contributed by atoms with Crippen molar-refractivity contribution >= 4 is 0 Å². The zero-order valence-electron chi connectivity index (χ0n) is 8.56. The summed E-state index contributed by atoms with van der Waals surface area (Å²) in [6, 6.07) is 0. The molecule has 0 unspecified atom stereocenters. The van der Waals surface area contributed by atoms with Crippen LogP contribution in [0.2, 0.25) is 0 Å². The van der Waals surface area contributed by atoms with E-state index >= 15 is 0 Å². The third-order valence-electron chi connectivity index (χ3n) is 1.72. The summed E-state index contributed by atoms with van der Waals surface area (Å²) in [6.45, 7) is 10.2. The van der Waals surface area contributed by atoms with Crippen molar-refractivity contribution in [1.82, 2.24) is 0 Å². The van der Waals surface area contributed by atoms with E-state index in [9.17, 15) is 0 Å². The van der Waals surface area contributed by atoms with E-state index in [-0.39, 0.29) is 0 Å². The maximum atomic E-state index is 3.68. The van der Waals surface area contributed by atoms with E-state index in [2.05, 4.69) is 39.5 Å². The van der Waals surface area contributed by atoms with Crippen molar-refractivity contribution < 1.29 is 0 Å². The fourth-order valence-electron chi connectivity index (χ4n) is 0.975. The lowest BCUT2D eigenvalue weighted by Crippen LogP contribution is -1.76. The van der Waals surface area contributed by atoms with Crippen molar-refractivity contribution in [3.8, 4) is 0 Å². The summed E-state index contributed by atoms with van der Waals surface area (Å²) in [7, 11) is 0. The van der Waals surface area contributed by atoms with Crippen molar-refractivity contribution in [2.75, 3.05) is 0 Å². The molecule has 0 bridgehead atoms. The Balaban J connectivity index is 3.63. The molecule has 12 heavy (non-hydrogen) atoms. The van der Waals surface area contributed by atoms with Crippen molar-refractivity contribution in [3.63, 3.8) is 0 Å². The molecule has 0 spiro atoms. The summed E-state index contributed by atoms with van der Waals surface area (Å²) in [6.07, 6.45) is 9.81. The zero-order chi connectivity index (χ0) is 9.40. The van der Waals surface area contributed by atoms with Crippen molar-refractivity contribution in [3.05, 3.63) is 36.0 Å². The second-order valence-corrected chi connectivity index (χ2v) is 3.40. The van der Waals surface area contributed by atoms with Crippen LogP contribution < -0.4 is 0 Å². The summed E-state index contributed by atoms with van der Waals surface area (Å²) < 4.78 is 0. The summed E-state index contributed by atoms with van der Waals surface area (Å²) >= 11 is 0. The van der Waals surface area contributed by atoms with Gasteiger partial charge in [-0.05, 0) is 40.0 Å². The number of hydrogen-bond donors (Lipinski definition) is 0. The Bertz CT molecular complexity index is 178. The summed E-state index contributed by atoms with van der Waals surface area (Å²) in [5, 5.41) is 0. The maximum Gasteiger partial charge on any atom is -0.0169 e. The Morgan fingerprint density at radius 3 is 2.33 bits per heavy atom. The highest BCUT2D eigenvalue weighted by atomic mass is 13.9. The first-order valence-corrected chi connectivity index (χ1v) is 4.56. The molecule has 0 saturated carbocycles. The summed E-state index contributed by atoms with van der Waals surface area (Å²) in [5.41, 5.74) is 2.87. The molecule has 0 radical (unpaired) electrons. The summed E-state index contributed by atoms with van der Waals surface area (Å²) in [4.78, 5) is 0. The van der Waals surface area contributed by atoms with E-state index in [1.807, 2.05) is 6.08 Å². The molecule has 0 heteroatoms. The number of rotatable bonds is 5. The first-order chi connectivity index (χ1) is 5.66. The van der Waals surface area contributed by atoms with Crippen LogP contribution in [0, 0.1) is 0 Å². The first-order valence-electron chi connectivity index (χ1n) is 4.56. The van der Waals surface area contributed by atoms with E-state index in [1.165, 1.54) is 24.0 Å². The molecule has 0 amide bonds. The smallest absolute Gasteiger partial charge is 0.0169 e. The fourth-order valence-corrected chi connectivity index (χ4v) is 0.975. The predicted molar refractivity (Wildman–Crippen MR) is 57.2 cm³/mol. The lowest BCUT2D eigenvalue weighted by molar-refractivity contribution is 0.958. The summed E-state index contributed by atoms with van der Waals surface area (Å²) in [5.74, 6) is 0. The van der Waals surface area contributed by atoms with Crippen molar-refractivity contribution in [1.29, 1.82) is 0 Å². The van der Waals surface area contributed by atoms with E-state index in [1.54, 1.807) is 0 Å². The molecule has 0 N–H and O–H groups in total. The average molecular weight is 164 g/mol. The van der Waals surface area contributed by atoms with Crippen LogP contribution in [-0.2, 0) is 0 Å². The molecule has 0 aliphatic rings. The Hall–Kier alpha value is -0.780. The zero-order valence-corrected chi connectivity index (χ0v) is 8.56. The normalized spacial score (nSPS) is 11.1. The molecule has 0 aliphatic carbocycles. The molecule has 0 saturated heterocycles. The standard InChI is InChI=1S/C12H20/c1-5-6-9-12(4)10-7-8-11(2)3/h5,8-9H,1,6-7,10H2,2-4H3/b12-9+. The van der Waals surface area contributed by atoms with E-state index in [4.69, 9.17) is 0 Å². The second kappa shape index (κ2) is 6.90. The molecular weight excluding hydrogens is 144 g/mol. The van der Waals surface area contributed by atoms with Gasteiger partial charge in [-0.1, -0.05) is 29.4 Å². The molecule has 0 heterocycles. The van der Waals surface area contributed by atoms with E-state index in [0.29, 0.717) is 0 Å². The first kappa shape index (κ1) is 11.2. The van der Waals surface area contributed by atoms with Gasteiger partial charge in [-0.25, -0.2) is 0 Å². The third-order valence-corrected chi connectivity index (χ3v) is 1.72. The predicted octanol–water partition coefficient (Wildman–Crippen LogP) is 4.26. The topological polar surface area (TPSA) is 0 Å². The lowest BCUT2D eigenvalue weighted by Gasteiger charge is -1.97. The van der Waals surface area contributed by atoms with Crippen LogP contribution >= 0.6 is 0 Å². The van der Waals surface area contributed by atoms with Crippen molar-refractivity contribution in [2.24, 2.45) is 0 Å². The van der Waals surface area contributed by atoms with Crippen molar-refractivity contribution in [2.45, 2.75) is 40.0 Å². The Kier molecular flexibility index (Phi) is 6.45. The van der Waals surface area contributed by atoms with Crippen LogP contribution in [0.25, 0.3) is 0 Å². The van der Waals surface area contributed by atoms with Crippen LogP contribution in [0.1, 0.15) is 40.0 Å². The largest absolute Gasteiger partial charge is 0.103 e. The van der Waals surface area contributed by atoms with Gasteiger partial charge < -0.3 is 0 Å². The SMILES string of the molecule is C=CC/C=C(\C)CCC=C(C)C. The van der Waals surface area contributed by atoms with Gasteiger partial charge in [-0.2, -0.15) is 0 Å². The molecule has 0 aromatic heterocycles. The highest BCUT2D eigenvalue weighted by molar-refractivity contribution is 5.03. The Labute approximate surface area is 76.7 Å². The van der Waals surface area contributed by atoms with E-state index in [0.717, 1.165) is 6.42 Å². The van der Waals surface area contributed by atoms with Gasteiger partial charge >= 0.3 is 0 Å². The monoisotopic (exact) mass is 164 g/mol. The number of allylic oxidation sites excluding steroid dienone is 5. The quantitative estimate of drug-likeness (QED) is 0.533. The van der Waals surface area contributed by atoms with Crippen LogP contribution in [0.4, 0.5) is 0 Å². The van der Waals surface area contributed by atoms with Gasteiger partial charge in [0.1, 0.15) is 0 Å². The lowest BCUT2D eigenvalue weighted by atomic mass is 10.1. The van der Waals surface area contributed by atoms with Crippen LogP contribution in [-0.4, -0.2) is 0 Å². The molecule has 0 aromatic rings. The molecule has 0 aliphatic heterocycles. The minimum Gasteiger partial charge on any atom is -0.103 e. The van der Waals surface area contributed by atoms with Crippen LogP contribution in [0.5, 0.6) is 0 Å². The molecule has 0 rings (SSSR count). The van der Waals surface area contributed by atoms with Crippen LogP contribution in [0.3, 0.4) is 0 Å². The molecule has 68 valence electrons. The van der Waals surface area contributed by atoms with Gasteiger partial charge in [0.2, 0.25) is 0 Å². The highest BCUT2D eigenvalue weighted by Crippen LogP contribution is 2.07. The Morgan fingerprint density at radius 2 is 1.83 bits per heavy atom. The van der Waals surface area contributed by atoms with Gasteiger partial charge in [0.05, 0.1) is 0 Å². The average Bonchev–Trinajstić information content (AvgIpc) is 2.00. The molecular formula is C12H20. The minimum atomic E-state index is 1.00. The van der Waals surface area contributed by atoms with Gasteiger partial charge in [-0.15, -0.1) is 6.58 Å². The Morgan fingerprint density at radius 1 is 1.17 bits per heavy atom. The highest BCUT2D eigenvalue weighted by Gasteiger charge is 1.86. The van der Waals surface area contributed by atoms with Crippen LogP contribution in [0.15, 0.2) is 36.0 Å². The molecule has 0 nitrogen and oxygen atoms in total. The second-order valence-electron chi connectivity index (χ2n) is 3.40. The fraction of sp³-hybridized carbons (Fsp3) is 0.500. The third kappa shape index (κ3) is 7.33. The van der Waals surface area contributed by atoms with Gasteiger partial charge in [-0.3, -0.25) is 0 Å². The molecule has 0 aromatic carbocycles. The molecule has 0 atom stereocenters. The molecule has 0 fully saturated rings. The van der Waals surface area contributed by atoms with E-state index < -0.39 is 0 Å². The maximum absolute atomic E-state index is 3.68. The van der Waals surface area contributed by atoms with Gasteiger partial charge in [0, 0.05) is 0 Å². The minimum absolute atomic E-state index is 1.00. The van der Waals surface area contributed by atoms with Gasteiger partial charge in [0.25, 0.3) is 0 Å². The number of hydrogen-bond acceptors (Lipinski definition) is 0.